The third-order valence-electron chi connectivity index (χ3n) is 9.61. The first kappa shape index (κ1) is 37.0. The molecule has 0 amide bonds. The molecule has 0 saturated carbocycles. The molecule has 0 unspecified atom stereocenters. The van der Waals surface area contributed by atoms with Gasteiger partial charge in [-0.2, -0.15) is 18.4 Å². The summed E-state index contributed by atoms with van der Waals surface area (Å²) in [4.78, 5) is 14.2. The van der Waals surface area contributed by atoms with Gasteiger partial charge in [0, 0.05) is 0 Å². The van der Waals surface area contributed by atoms with Crippen LogP contribution in [0.5, 0.6) is 11.6 Å². The molecule has 4 atom stereocenters. The molecule has 14 heteroatoms. The fourth-order valence-electron chi connectivity index (χ4n) is 6.76. The van der Waals surface area contributed by atoms with E-state index >= 15 is 0 Å². The summed E-state index contributed by atoms with van der Waals surface area (Å²) < 4.78 is 50.3. The second-order valence-corrected chi connectivity index (χ2v) is 14.8. The number of hydrogen-bond acceptors (Lipinski definition) is 12. The van der Waals surface area contributed by atoms with Gasteiger partial charge < -0.3 is 29.7 Å². The topological polar surface area (TPSA) is 167 Å². The third-order valence-corrected chi connectivity index (χ3v) is 10.9. The zero-order valence-corrected chi connectivity index (χ0v) is 31.0. The zero-order valence-electron chi connectivity index (χ0n) is 30.2. The fraction of sp³-hybridized carbons (Fsp3) is 0.275. The minimum Gasteiger partial charge on any atom is -0.497 e. The molecular formula is C40H41N5O8S. The maximum absolute atomic E-state index is 13.0. The zero-order chi connectivity index (χ0) is 38.1. The molecule has 1 aliphatic rings. The molecular weight excluding hydrogens is 711 g/mol. The van der Waals surface area contributed by atoms with Crippen molar-refractivity contribution < 1.29 is 37.0 Å². The molecule has 3 heterocycles. The summed E-state index contributed by atoms with van der Waals surface area (Å²) in [7, 11) is -2.57. The third kappa shape index (κ3) is 6.78. The molecule has 0 aliphatic carbocycles. The van der Waals surface area contributed by atoms with Crippen molar-refractivity contribution in [2.75, 3.05) is 25.6 Å². The van der Waals surface area contributed by atoms with E-state index in [4.69, 9.17) is 28.4 Å². The highest BCUT2D eigenvalue weighted by molar-refractivity contribution is 7.86. The molecule has 54 heavy (non-hydrogen) atoms. The summed E-state index contributed by atoms with van der Waals surface area (Å²) in [6.45, 7) is 4.77. The van der Waals surface area contributed by atoms with E-state index in [9.17, 15) is 18.6 Å². The predicted molar refractivity (Wildman–Crippen MR) is 201 cm³/mol. The SMILES string of the molecule is CCOc1nc(NC(c2ccccc2)(c2ccccc2)c2ccc(OC)cc2)nc2c1ncn2[C@@H]1O[C@H](COS(=O)(=O)c2ccc(C)cc2)[C@@H](O)[C@@]1(C)O. The lowest BCUT2D eigenvalue weighted by Crippen LogP contribution is -2.44. The average Bonchev–Trinajstić information content (AvgIpc) is 3.70. The monoisotopic (exact) mass is 751 g/mol. The second-order valence-electron chi connectivity index (χ2n) is 13.2. The average molecular weight is 752 g/mol. The summed E-state index contributed by atoms with van der Waals surface area (Å²) in [6, 6.07) is 33.7. The highest BCUT2D eigenvalue weighted by atomic mass is 32.2. The van der Waals surface area contributed by atoms with Crippen LogP contribution in [-0.4, -0.2) is 76.3 Å². The molecule has 0 bridgehead atoms. The molecule has 0 radical (unpaired) electrons. The quantitative estimate of drug-likeness (QED) is 0.102. The minimum atomic E-state index is -4.18. The van der Waals surface area contributed by atoms with Gasteiger partial charge in [-0.05, 0) is 61.7 Å². The molecule has 1 saturated heterocycles. The number of anilines is 1. The smallest absolute Gasteiger partial charge is 0.297 e. The van der Waals surface area contributed by atoms with Crippen LogP contribution >= 0.6 is 0 Å². The Kier molecular flexibility index (Phi) is 10.1. The van der Waals surface area contributed by atoms with Crippen LogP contribution in [0.3, 0.4) is 0 Å². The summed E-state index contributed by atoms with van der Waals surface area (Å²) in [5, 5.41) is 26.6. The van der Waals surface area contributed by atoms with Crippen molar-refractivity contribution in [1.29, 1.82) is 0 Å². The van der Waals surface area contributed by atoms with Gasteiger partial charge in [-0.15, -0.1) is 0 Å². The minimum absolute atomic E-state index is 0.0404. The van der Waals surface area contributed by atoms with Gasteiger partial charge in [0.25, 0.3) is 10.1 Å². The van der Waals surface area contributed by atoms with E-state index in [1.165, 1.54) is 30.0 Å². The molecule has 7 rings (SSSR count). The van der Waals surface area contributed by atoms with E-state index in [0.717, 1.165) is 22.3 Å². The number of rotatable bonds is 13. The van der Waals surface area contributed by atoms with Crippen LogP contribution in [-0.2, 0) is 24.6 Å². The molecule has 1 fully saturated rings. The standard InChI is InChI=1S/C40H41N5O8S/c1-5-51-36-33-35(45(25-41-33)37-39(3,47)34(46)32(53-37)24-52-54(48,49)31-22-16-26(2)17-23-31)42-38(43-36)44-40(27-12-8-6-9-13-27,28-14-10-7-11-15-28)29-18-20-30(50-4)21-19-29/h6-23,25,32,34,37,46-47H,5,24H2,1-4H3,(H,42,43,44)/t32-,34-,37-,39-/m1/s1. The molecule has 3 N–H and O–H groups in total. The van der Waals surface area contributed by atoms with Gasteiger partial charge in [-0.1, -0.05) is 90.5 Å². The first-order chi connectivity index (χ1) is 26.0. The van der Waals surface area contributed by atoms with Crippen molar-refractivity contribution in [2.45, 2.75) is 55.2 Å². The predicted octanol–water partition coefficient (Wildman–Crippen LogP) is 5.36. The van der Waals surface area contributed by atoms with Gasteiger partial charge in [0.1, 0.15) is 29.1 Å². The number of aliphatic hydroxyl groups excluding tert-OH is 1. The van der Waals surface area contributed by atoms with Crippen molar-refractivity contribution in [2.24, 2.45) is 0 Å². The van der Waals surface area contributed by atoms with Crippen molar-refractivity contribution in [3.63, 3.8) is 0 Å². The lowest BCUT2D eigenvalue weighted by molar-refractivity contribution is -0.0947. The Morgan fingerprint density at radius 3 is 2.11 bits per heavy atom. The Hall–Kier alpha value is -5.38. The van der Waals surface area contributed by atoms with Crippen molar-refractivity contribution in [1.82, 2.24) is 19.5 Å². The number of benzene rings is 4. The molecule has 280 valence electrons. The molecule has 0 spiro atoms. The number of imidazole rings is 1. The number of nitrogens with zero attached hydrogens (tertiary/aromatic N) is 4. The van der Waals surface area contributed by atoms with Gasteiger partial charge >= 0.3 is 0 Å². The largest absolute Gasteiger partial charge is 0.497 e. The Morgan fingerprint density at radius 2 is 1.52 bits per heavy atom. The van der Waals surface area contributed by atoms with Crippen LogP contribution in [0.15, 0.2) is 120 Å². The number of nitrogens with one attached hydrogen (secondary N) is 1. The van der Waals surface area contributed by atoms with Gasteiger partial charge in [0.05, 0.1) is 31.5 Å². The summed E-state index contributed by atoms with van der Waals surface area (Å²) in [6.07, 6.45) is -2.63. The lowest BCUT2D eigenvalue weighted by atomic mass is 9.77. The number of aryl methyl sites for hydroxylation is 1. The first-order valence-corrected chi connectivity index (χ1v) is 18.8. The van der Waals surface area contributed by atoms with E-state index in [-0.39, 0.29) is 34.5 Å². The maximum Gasteiger partial charge on any atom is 0.297 e. The number of aliphatic hydroxyl groups is 2. The highest BCUT2D eigenvalue weighted by Crippen LogP contribution is 2.43. The van der Waals surface area contributed by atoms with Gasteiger partial charge in [0.2, 0.25) is 11.8 Å². The van der Waals surface area contributed by atoms with Crippen LogP contribution in [0.4, 0.5) is 5.95 Å². The second kappa shape index (κ2) is 14.8. The summed E-state index contributed by atoms with van der Waals surface area (Å²) in [5.41, 5.74) is 1.09. The Bertz CT molecular complexity index is 2280. The normalized spacial score (nSPS) is 20.2. The Balaban J connectivity index is 1.30. The molecule has 6 aromatic rings. The summed E-state index contributed by atoms with van der Waals surface area (Å²) >= 11 is 0. The summed E-state index contributed by atoms with van der Waals surface area (Å²) in [5.74, 6) is 1.03. The van der Waals surface area contributed by atoms with Crippen LogP contribution < -0.4 is 14.8 Å². The molecule has 4 aromatic carbocycles. The fourth-order valence-corrected chi connectivity index (χ4v) is 7.68. The van der Waals surface area contributed by atoms with Crippen LogP contribution in [0.25, 0.3) is 11.2 Å². The maximum atomic E-state index is 13.0. The van der Waals surface area contributed by atoms with E-state index in [0.29, 0.717) is 5.75 Å². The number of methoxy groups -OCH3 is 1. The first-order valence-electron chi connectivity index (χ1n) is 17.4. The number of ether oxygens (including phenoxy) is 3. The van der Waals surface area contributed by atoms with Crippen molar-refractivity contribution in [3.05, 3.63) is 138 Å². The van der Waals surface area contributed by atoms with Crippen LogP contribution in [0.1, 0.15) is 42.3 Å². The number of fused-ring (bicyclic) bond motifs is 1. The van der Waals surface area contributed by atoms with Gasteiger partial charge in [-0.25, -0.2) is 4.98 Å². The van der Waals surface area contributed by atoms with Crippen molar-refractivity contribution >= 4 is 27.2 Å². The van der Waals surface area contributed by atoms with E-state index < -0.39 is 46.3 Å². The Labute approximate surface area is 313 Å². The van der Waals surface area contributed by atoms with Crippen LogP contribution in [0, 0.1) is 6.92 Å². The van der Waals surface area contributed by atoms with E-state index in [1.54, 1.807) is 19.2 Å². The molecule has 13 nitrogen and oxygen atoms in total. The molecule has 2 aromatic heterocycles. The lowest BCUT2D eigenvalue weighted by Gasteiger charge is -2.37. The van der Waals surface area contributed by atoms with Gasteiger partial charge in [-0.3, -0.25) is 8.75 Å². The van der Waals surface area contributed by atoms with E-state index in [1.807, 2.05) is 98.8 Å². The molecule has 1 aliphatic heterocycles. The van der Waals surface area contributed by atoms with E-state index in [2.05, 4.69) is 10.3 Å². The van der Waals surface area contributed by atoms with Gasteiger partial charge in [0.15, 0.2) is 17.4 Å². The highest BCUT2D eigenvalue weighted by Gasteiger charge is 2.54. The van der Waals surface area contributed by atoms with Crippen LogP contribution in [0.2, 0.25) is 0 Å². The number of hydrogen-bond donors (Lipinski definition) is 3. The Morgan fingerprint density at radius 1 is 0.907 bits per heavy atom. The number of aromatic nitrogens is 4. The van der Waals surface area contributed by atoms with Crippen molar-refractivity contribution in [3.8, 4) is 11.6 Å².